The van der Waals surface area contributed by atoms with Crippen molar-refractivity contribution in [2.24, 2.45) is 11.8 Å². The minimum atomic E-state index is 0.0480. The van der Waals surface area contributed by atoms with Crippen LogP contribution in [0.15, 0.2) is 42.6 Å². The van der Waals surface area contributed by atoms with E-state index in [9.17, 15) is 4.79 Å². The molecular formula is C23H30N4O. The van der Waals surface area contributed by atoms with Crippen LogP contribution in [0.3, 0.4) is 0 Å². The predicted molar refractivity (Wildman–Crippen MR) is 111 cm³/mol. The summed E-state index contributed by atoms with van der Waals surface area (Å²) in [6.45, 7) is 5.85. The van der Waals surface area contributed by atoms with Gasteiger partial charge in [0.05, 0.1) is 0 Å². The normalized spacial score (nSPS) is 21.0. The van der Waals surface area contributed by atoms with Gasteiger partial charge in [-0.15, -0.1) is 0 Å². The van der Waals surface area contributed by atoms with Gasteiger partial charge in [-0.05, 0) is 55.6 Å². The molecule has 2 saturated heterocycles. The molecule has 2 aromatic rings. The molecule has 1 aromatic heterocycles. The maximum atomic E-state index is 13.0. The second-order valence-electron chi connectivity index (χ2n) is 8.36. The lowest BCUT2D eigenvalue weighted by atomic mass is 9.90. The quantitative estimate of drug-likeness (QED) is 0.812. The fourth-order valence-electron chi connectivity index (χ4n) is 4.44. The van der Waals surface area contributed by atoms with E-state index in [-0.39, 0.29) is 5.91 Å². The molecule has 0 radical (unpaired) electrons. The lowest BCUT2D eigenvalue weighted by Gasteiger charge is -2.33. The van der Waals surface area contributed by atoms with Crippen molar-refractivity contribution < 1.29 is 4.79 Å². The first-order valence-corrected chi connectivity index (χ1v) is 10.6. The highest BCUT2D eigenvalue weighted by Crippen LogP contribution is 2.24. The predicted octanol–water partition coefficient (Wildman–Crippen LogP) is 3.81. The van der Waals surface area contributed by atoms with E-state index in [0.717, 1.165) is 51.9 Å². The van der Waals surface area contributed by atoms with Crippen molar-refractivity contribution in [3.05, 3.63) is 53.9 Å². The molecule has 1 aromatic carbocycles. The van der Waals surface area contributed by atoms with E-state index >= 15 is 0 Å². The first-order chi connectivity index (χ1) is 13.7. The van der Waals surface area contributed by atoms with Crippen molar-refractivity contribution >= 4 is 11.9 Å². The first-order valence-electron chi connectivity index (χ1n) is 10.6. The number of aromatic nitrogens is 2. The summed E-state index contributed by atoms with van der Waals surface area (Å²) in [4.78, 5) is 26.2. The topological polar surface area (TPSA) is 49.3 Å². The summed E-state index contributed by atoms with van der Waals surface area (Å²) in [5.74, 6) is 2.06. The molecule has 4 rings (SSSR count). The van der Waals surface area contributed by atoms with E-state index in [1.165, 1.54) is 12.0 Å². The van der Waals surface area contributed by atoms with Gasteiger partial charge >= 0.3 is 0 Å². The molecule has 5 heteroatoms. The average Bonchev–Trinajstić information content (AvgIpc) is 2.75. The molecule has 0 spiro atoms. The molecule has 1 atom stereocenters. The number of hydrogen-bond donors (Lipinski definition) is 0. The zero-order chi connectivity index (χ0) is 19.3. The Labute approximate surface area is 167 Å². The number of likely N-dealkylation sites (tertiary alicyclic amines) is 1. The van der Waals surface area contributed by atoms with E-state index in [2.05, 4.69) is 52.1 Å². The molecule has 2 aliphatic heterocycles. The Bertz CT molecular complexity index is 786. The van der Waals surface area contributed by atoms with Crippen molar-refractivity contribution in [2.45, 2.75) is 39.0 Å². The van der Waals surface area contributed by atoms with Crippen LogP contribution < -0.4 is 4.90 Å². The van der Waals surface area contributed by atoms with Crippen LogP contribution in [-0.2, 0) is 6.42 Å². The van der Waals surface area contributed by atoms with Gasteiger partial charge in [-0.3, -0.25) is 4.79 Å². The maximum Gasteiger partial charge on any atom is 0.272 e. The zero-order valence-electron chi connectivity index (χ0n) is 16.8. The van der Waals surface area contributed by atoms with Crippen LogP contribution in [0.4, 0.5) is 5.95 Å². The van der Waals surface area contributed by atoms with Crippen LogP contribution in [0, 0.1) is 11.8 Å². The molecule has 0 saturated carbocycles. The average molecular weight is 379 g/mol. The minimum Gasteiger partial charge on any atom is -0.341 e. The molecule has 28 heavy (non-hydrogen) atoms. The number of amides is 1. The standard InChI is InChI=1S/C23H30N4O/c1-18-6-5-13-27(17-18)23-24-12-9-21(25-23)22(28)26-14-10-20(11-15-26)16-19-7-3-2-4-8-19/h2-4,7-9,12,18,20H,5-6,10-11,13-17H2,1H3. The van der Waals surface area contributed by atoms with Crippen LogP contribution in [0.5, 0.6) is 0 Å². The molecule has 1 unspecified atom stereocenters. The molecule has 1 amide bonds. The van der Waals surface area contributed by atoms with E-state index in [4.69, 9.17) is 0 Å². The SMILES string of the molecule is CC1CCCN(c2nccc(C(=O)N3CCC(Cc4ccccc4)CC3)n2)C1. The first kappa shape index (κ1) is 18.9. The number of anilines is 1. The molecule has 0 N–H and O–H groups in total. The van der Waals surface area contributed by atoms with E-state index in [1.807, 2.05) is 4.90 Å². The lowest BCUT2D eigenvalue weighted by Crippen LogP contribution is -2.40. The van der Waals surface area contributed by atoms with Crippen LogP contribution in [0.2, 0.25) is 0 Å². The van der Waals surface area contributed by atoms with Crippen molar-refractivity contribution in [3.8, 4) is 0 Å². The highest BCUT2D eigenvalue weighted by Gasteiger charge is 2.26. The Kier molecular flexibility index (Phi) is 5.89. The van der Waals surface area contributed by atoms with Crippen LogP contribution in [-0.4, -0.2) is 47.0 Å². The Balaban J connectivity index is 1.35. The van der Waals surface area contributed by atoms with E-state index < -0.39 is 0 Å². The fourth-order valence-corrected chi connectivity index (χ4v) is 4.44. The van der Waals surface area contributed by atoms with Crippen LogP contribution in [0.1, 0.15) is 48.7 Å². The van der Waals surface area contributed by atoms with Crippen molar-refractivity contribution in [3.63, 3.8) is 0 Å². The van der Waals surface area contributed by atoms with Gasteiger partial charge in [0.1, 0.15) is 5.69 Å². The molecule has 3 heterocycles. The van der Waals surface area contributed by atoms with Crippen LogP contribution >= 0.6 is 0 Å². The van der Waals surface area contributed by atoms with Gasteiger partial charge in [-0.2, -0.15) is 0 Å². The number of hydrogen-bond acceptors (Lipinski definition) is 4. The molecule has 2 fully saturated rings. The summed E-state index contributed by atoms with van der Waals surface area (Å²) in [6.07, 6.45) is 7.37. The summed E-state index contributed by atoms with van der Waals surface area (Å²) in [6, 6.07) is 12.4. The third kappa shape index (κ3) is 4.51. The molecular weight excluding hydrogens is 348 g/mol. The van der Waals surface area contributed by atoms with E-state index in [0.29, 0.717) is 23.5 Å². The van der Waals surface area contributed by atoms with Gasteiger partial charge in [0.2, 0.25) is 5.95 Å². The number of carbonyl (C=O) groups is 1. The summed E-state index contributed by atoms with van der Waals surface area (Å²) >= 11 is 0. The molecule has 0 aliphatic carbocycles. The number of carbonyl (C=O) groups excluding carboxylic acids is 1. The largest absolute Gasteiger partial charge is 0.341 e. The third-order valence-corrected chi connectivity index (χ3v) is 6.07. The lowest BCUT2D eigenvalue weighted by molar-refractivity contribution is 0.0684. The smallest absolute Gasteiger partial charge is 0.272 e. The summed E-state index contributed by atoms with van der Waals surface area (Å²) in [7, 11) is 0. The maximum absolute atomic E-state index is 13.0. The van der Waals surface area contributed by atoms with Gasteiger partial charge in [-0.25, -0.2) is 9.97 Å². The molecule has 5 nitrogen and oxygen atoms in total. The van der Waals surface area contributed by atoms with Crippen molar-refractivity contribution in [1.29, 1.82) is 0 Å². The van der Waals surface area contributed by atoms with Crippen molar-refractivity contribution in [2.75, 3.05) is 31.1 Å². The summed E-state index contributed by atoms with van der Waals surface area (Å²) in [5, 5.41) is 0. The minimum absolute atomic E-state index is 0.0480. The summed E-state index contributed by atoms with van der Waals surface area (Å²) < 4.78 is 0. The number of rotatable bonds is 4. The highest BCUT2D eigenvalue weighted by atomic mass is 16.2. The van der Waals surface area contributed by atoms with Crippen LogP contribution in [0.25, 0.3) is 0 Å². The van der Waals surface area contributed by atoms with Gasteiger partial charge in [0.25, 0.3) is 5.91 Å². The van der Waals surface area contributed by atoms with Gasteiger partial charge in [-0.1, -0.05) is 37.3 Å². The molecule has 148 valence electrons. The van der Waals surface area contributed by atoms with Gasteiger partial charge < -0.3 is 9.80 Å². The Morgan fingerprint density at radius 3 is 2.61 bits per heavy atom. The monoisotopic (exact) mass is 378 g/mol. The molecule has 2 aliphatic rings. The van der Waals surface area contributed by atoms with Gasteiger partial charge in [0, 0.05) is 32.4 Å². The van der Waals surface area contributed by atoms with Gasteiger partial charge in [0.15, 0.2) is 0 Å². The zero-order valence-corrected chi connectivity index (χ0v) is 16.8. The number of nitrogens with zero attached hydrogens (tertiary/aromatic N) is 4. The Hall–Kier alpha value is -2.43. The number of benzene rings is 1. The Morgan fingerprint density at radius 2 is 1.86 bits per heavy atom. The van der Waals surface area contributed by atoms with Crippen molar-refractivity contribution in [1.82, 2.24) is 14.9 Å². The highest BCUT2D eigenvalue weighted by molar-refractivity contribution is 5.92. The second kappa shape index (κ2) is 8.72. The third-order valence-electron chi connectivity index (χ3n) is 6.07. The number of piperidine rings is 2. The fraction of sp³-hybridized carbons (Fsp3) is 0.522. The summed E-state index contributed by atoms with van der Waals surface area (Å²) in [5.41, 5.74) is 1.92. The van der Waals surface area contributed by atoms with E-state index in [1.54, 1.807) is 12.3 Å². The second-order valence-corrected chi connectivity index (χ2v) is 8.36. The Morgan fingerprint density at radius 1 is 1.07 bits per heavy atom. The molecule has 0 bridgehead atoms.